The molecule has 23 heavy (non-hydrogen) atoms. The van der Waals surface area contributed by atoms with E-state index in [4.69, 9.17) is 9.16 Å². The quantitative estimate of drug-likeness (QED) is 0.586. The smallest absolute Gasteiger partial charge is 0.331 e. The number of cyclic esters (lactones) is 1. The highest BCUT2D eigenvalue weighted by atomic mass is 32.2. The fraction of sp³-hybridized carbons (Fsp3) is 0.812. The van der Waals surface area contributed by atoms with Crippen LogP contribution in [0.5, 0.6) is 0 Å². The molecule has 0 unspecified atom stereocenters. The summed E-state index contributed by atoms with van der Waals surface area (Å²) in [6.45, 7) is 11.3. The van der Waals surface area contributed by atoms with Crippen molar-refractivity contribution in [1.29, 1.82) is 0 Å². The first-order valence-electron chi connectivity index (χ1n) is 8.08. The Kier molecular flexibility index (Phi) is 6.33. The van der Waals surface area contributed by atoms with Crippen molar-refractivity contribution < 1.29 is 19.1 Å². The van der Waals surface area contributed by atoms with Crippen LogP contribution in [-0.2, 0) is 14.0 Å². The number of carbonyl (C=O) groups excluding carboxylic acids is 1. The molecule has 0 aromatic rings. The SMILES string of the molecule is CC(C)(C)[Si](C)(C)OCC1=CC(=O)O[C@H]1[C@H](O)C1SCCCS1. The molecule has 0 radical (unpaired) electrons. The summed E-state index contributed by atoms with van der Waals surface area (Å²) in [7, 11) is -1.90. The number of ether oxygens (including phenoxy) is 1. The molecule has 4 nitrogen and oxygen atoms in total. The number of aliphatic hydroxyl groups excluding tert-OH is 1. The molecular formula is C16H28O4S2Si. The molecule has 0 aromatic carbocycles. The van der Waals surface area contributed by atoms with Crippen LogP contribution >= 0.6 is 23.5 Å². The molecule has 0 aliphatic carbocycles. The van der Waals surface area contributed by atoms with Gasteiger partial charge in [0, 0.05) is 11.6 Å². The summed E-state index contributed by atoms with van der Waals surface area (Å²) in [4.78, 5) is 11.7. The average Bonchev–Trinajstić information content (AvgIpc) is 2.85. The minimum absolute atomic E-state index is 0.0657. The van der Waals surface area contributed by atoms with Crippen LogP contribution in [0.1, 0.15) is 27.2 Å². The van der Waals surface area contributed by atoms with Crippen molar-refractivity contribution >= 4 is 37.8 Å². The van der Waals surface area contributed by atoms with Crippen LogP contribution < -0.4 is 0 Å². The molecule has 2 atom stereocenters. The molecule has 2 aliphatic rings. The highest BCUT2D eigenvalue weighted by molar-refractivity contribution is 8.17. The van der Waals surface area contributed by atoms with Gasteiger partial charge in [0.2, 0.25) is 0 Å². The highest BCUT2D eigenvalue weighted by Crippen LogP contribution is 2.39. The molecule has 2 heterocycles. The van der Waals surface area contributed by atoms with Gasteiger partial charge >= 0.3 is 5.97 Å². The number of rotatable bonds is 5. The van der Waals surface area contributed by atoms with Crippen molar-refractivity contribution in [3.8, 4) is 0 Å². The summed E-state index contributed by atoms with van der Waals surface area (Å²) < 4.78 is 11.6. The molecular weight excluding hydrogens is 348 g/mol. The van der Waals surface area contributed by atoms with Gasteiger partial charge in [0.1, 0.15) is 6.10 Å². The van der Waals surface area contributed by atoms with E-state index < -0.39 is 20.5 Å². The van der Waals surface area contributed by atoms with Crippen molar-refractivity contribution in [3.63, 3.8) is 0 Å². The minimum atomic E-state index is -1.90. The van der Waals surface area contributed by atoms with E-state index in [-0.39, 0.29) is 15.6 Å². The van der Waals surface area contributed by atoms with Gasteiger partial charge < -0.3 is 14.3 Å². The Labute approximate surface area is 148 Å². The largest absolute Gasteiger partial charge is 0.452 e. The number of esters is 1. The third-order valence-electron chi connectivity index (χ3n) is 4.76. The number of carbonyl (C=O) groups is 1. The van der Waals surface area contributed by atoms with Gasteiger partial charge in [-0.2, -0.15) is 0 Å². The van der Waals surface area contributed by atoms with Crippen molar-refractivity contribution in [2.24, 2.45) is 0 Å². The van der Waals surface area contributed by atoms with Gasteiger partial charge in [0.25, 0.3) is 0 Å². The van der Waals surface area contributed by atoms with Crippen LogP contribution in [0.25, 0.3) is 0 Å². The van der Waals surface area contributed by atoms with Crippen molar-refractivity contribution in [1.82, 2.24) is 0 Å². The van der Waals surface area contributed by atoms with Crippen molar-refractivity contribution in [2.45, 2.75) is 62.1 Å². The molecule has 132 valence electrons. The van der Waals surface area contributed by atoms with E-state index in [1.54, 1.807) is 23.5 Å². The van der Waals surface area contributed by atoms with Gasteiger partial charge in [-0.05, 0) is 36.1 Å². The molecule has 0 spiro atoms. The van der Waals surface area contributed by atoms with Crippen LogP contribution in [-0.4, -0.2) is 54.3 Å². The first-order valence-corrected chi connectivity index (χ1v) is 13.1. The lowest BCUT2D eigenvalue weighted by Crippen LogP contribution is -2.43. The van der Waals surface area contributed by atoms with E-state index in [1.807, 2.05) is 0 Å². The van der Waals surface area contributed by atoms with Gasteiger partial charge in [-0.3, -0.25) is 0 Å². The lowest BCUT2D eigenvalue weighted by Gasteiger charge is -2.37. The Morgan fingerprint density at radius 3 is 2.57 bits per heavy atom. The van der Waals surface area contributed by atoms with Crippen LogP contribution in [0.3, 0.4) is 0 Å². The summed E-state index contributed by atoms with van der Waals surface area (Å²) >= 11 is 3.50. The first-order chi connectivity index (χ1) is 10.6. The summed E-state index contributed by atoms with van der Waals surface area (Å²) in [6, 6.07) is 0. The number of hydrogen-bond donors (Lipinski definition) is 1. The van der Waals surface area contributed by atoms with Crippen molar-refractivity contribution in [2.75, 3.05) is 18.1 Å². The van der Waals surface area contributed by atoms with Crippen LogP contribution in [0.2, 0.25) is 18.1 Å². The zero-order valence-electron chi connectivity index (χ0n) is 14.6. The zero-order valence-corrected chi connectivity index (χ0v) is 17.3. The summed E-state index contributed by atoms with van der Waals surface area (Å²) in [6.07, 6.45) is 1.43. The van der Waals surface area contributed by atoms with Gasteiger partial charge in [0.05, 0.1) is 11.2 Å². The second kappa shape index (κ2) is 7.52. The van der Waals surface area contributed by atoms with E-state index >= 15 is 0 Å². The fourth-order valence-electron chi connectivity index (χ4n) is 2.21. The predicted molar refractivity (Wildman–Crippen MR) is 100 cm³/mol. The monoisotopic (exact) mass is 376 g/mol. The van der Waals surface area contributed by atoms with Crippen molar-refractivity contribution in [3.05, 3.63) is 11.6 Å². The molecule has 7 heteroatoms. The molecule has 2 aliphatic heterocycles. The molecule has 1 fully saturated rings. The molecule has 1 N–H and O–H groups in total. The molecule has 1 saturated heterocycles. The third kappa shape index (κ3) is 4.78. The van der Waals surface area contributed by atoms with Gasteiger partial charge in [-0.25, -0.2) is 4.79 Å². The standard InChI is InChI=1S/C16H28O4S2Si/c1-16(2,3)23(4,5)19-10-11-9-12(17)20-14(11)13(18)15-21-7-6-8-22-15/h9,13-15,18H,6-8,10H2,1-5H3/t13-,14+/m0/s1. The fourth-order valence-corrected chi connectivity index (χ4v) is 6.08. The second-order valence-electron chi connectivity index (χ2n) is 7.58. The van der Waals surface area contributed by atoms with E-state index in [1.165, 1.54) is 12.5 Å². The van der Waals surface area contributed by atoms with E-state index in [0.29, 0.717) is 6.61 Å². The maximum absolute atomic E-state index is 11.7. The van der Waals surface area contributed by atoms with Crippen LogP contribution in [0, 0.1) is 0 Å². The summed E-state index contributed by atoms with van der Waals surface area (Å²) in [5.74, 6) is 1.73. The Morgan fingerprint density at radius 2 is 2.00 bits per heavy atom. The number of hydrogen-bond acceptors (Lipinski definition) is 6. The molecule has 0 aromatic heterocycles. The third-order valence-corrected chi connectivity index (χ3v) is 12.3. The Morgan fingerprint density at radius 1 is 1.39 bits per heavy atom. The van der Waals surface area contributed by atoms with Gasteiger partial charge in [0.15, 0.2) is 14.4 Å². The Balaban J connectivity index is 2.01. The van der Waals surface area contributed by atoms with Crippen LogP contribution in [0.15, 0.2) is 11.6 Å². The molecule has 2 rings (SSSR count). The molecule has 0 bridgehead atoms. The predicted octanol–water partition coefficient (Wildman–Crippen LogP) is 3.42. The lowest BCUT2D eigenvalue weighted by molar-refractivity contribution is -0.142. The topological polar surface area (TPSA) is 55.8 Å². The first kappa shape index (κ1) is 19.4. The van der Waals surface area contributed by atoms with Gasteiger partial charge in [-0.15, -0.1) is 23.5 Å². The normalized spacial score (nSPS) is 25.2. The minimum Gasteiger partial charge on any atom is -0.452 e. The Bertz CT molecular complexity index is 467. The lowest BCUT2D eigenvalue weighted by atomic mass is 10.1. The van der Waals surface area contributed by atoms with Gasteiger partial charge in [-0.1, -0.05) is 20.8 Å². The summed E-state index contributed by atoms with van der Waals surface area (Å²) in [5, 5.41) is 10.8. The Hall–Kier alpha value is 0.0469. The number of aliphatic hydroxyl groups is 1. The summed E-state index contributed by atoms with van der Waals surface area (Å²) in [5.41, 5.74) is 0.777. The second-order valence-corrected chi connectivity index (χ2v) is 15.2. The van der Waals surface area contributed by atoms with Crippen LogP contribution in [0.4, 0.5) is 0 Å². The molecule has 0 amide bonds. The average molecular weight is 377 g/mol. The zero-order chi connectivity index (χ0) is 17.3. The highest BCUT2D eigenvalue weighted by Gasteiger charge is 2.41. The maximum atomic E-state index is 11.7. The van der Waals surface area contributed by atoms with E-state index in [2.05, 4.69) is 33.9 Å². The van der Waals surface area contributed by atoms with E-state index in [0.717, 1.165) is 17.1 Å². The number of thioether (sulfide) groups is 2. The molecule has 0 saturated carbocycles. The maximum Gasteiger partial charge on any atom is 0.331 e. The van der Waals surface area contributed by atoms with E-state index in [9.17, 15) is 9.90 Å².